The minimum atomic E-state index is -4.19. The molecule has 0 heterocycles. The van der Waals surface area contributed by atoms with E-state index in [9.17, 15) is 16.8 Å². The van der Waals surface area contributed by atoms with Gasteiger partial charge in [-0.1, -0.05) is 97.1 Å². The summed E-state index contributed by atoms with van der Waals surface area (Å²) in [7, 11) is -8.38. The largest absolute Gasteiger partial charge is 0.218 e. The van der Waals surface area contributed by atoms with Crippen LogP contribution in [-0.2, 0) is 19.7 Å². The van der Waals surface area contributed by atoms with Gasteiger partial charge in [0.15, 0.2) is 0 Å². The number of hydrogen-bond donors (Lipinski definition) is 0. The summed E-state index contributed by atoms with van der Waals surface area (Å²) in [4.78, 5) is -0.454. The second-order valence-electron chi connectivity index (χ2n) is 7.02. The van der Waals surface area contributed by atoms with E-state index in [-0.39, 0.29) is 19.6 Å². The van der Waals surface area contributed by atoms with E-state index in [1.807, 2.05) is 0 Å². The van der Waals surface area contributed by atoms with Crippen molar-refractivity contribution in [2.45, 2.75) is 9.79 Å². The van der Waals surface area contributed by atoms with Crippen LogP contribution in [0.1, 0.15) is 11.1 Å². The van der Waals surface area contributed by atoms with Crippen molar-refractivity contribution in [1.29, 1.82) is 0 Å². The molecular weight excluding hydrogens is 440 g/mol. The van der Waals surface area contributed by atoms with Crippen LogP contribution in [0.5, 0.6) is 0 Å². The van der Waals surface area contributed by atoms with Gasteiger partial charge in [0.25, 0.3) is 0 Å². The van der Waals surface area contributed by atoms with Crippen LogP contribution in [0.2, 0.25) is 0 Å². The Morgan fingerprint density at radius 1 is 0.375 bits per heavy atom. The Morgan fingerprint density at radius 2 is 0.625 bits per heavy atom. The summed E-state index contributed by atoms with van der Waals surface area (Å²) in [6.45, 7) is 0. The van der Waals surface area contributed by atoms with Gasteiger partial charge in [-0.15, -0.1) is 0 Å². The van der Waals surface area contributed by atoms with Gasteiger partial charge in [0.2, 0.25) is 19.7 Å². The van der Waals surface area contributed by atoms with Crippen molar-refractivity contribution < 1.29 is 16.8 Å². The van der Waals surface area contributed by atoms with Crippen molar-refractivity contribution in [1.82, 2.24) is 0 Å². The lowest BCUT2D eigenvalue weighted by Gasteiger charge is -2.18. The van der Waals surface area contributed by atoms with Crippen LogP contribution in [0.15, 0.2) is 131 Å². The second kappa shape index (κ2) is 8.94. The number of rotatable bonds is 6. The van der Waals surface area contributed by atoms with Crippen LogP contribution >= 0.6 is 0 Å². The lowest BCUT2D eigenvalue weighted by Crippen LogP contribution is -2.13. The molecule has 0 radical (unpaired) electrons. The van der Waals surface area contributed by atoms with E-state index < -0.39 is 19.7 Å². The Morgan fingerprint density at radius 3 is 0.906 bits per heavy atom. The van der Waals surface area contributed by atoms with E-state index in [1.165, 1.54) is 24.3 Å². The highest BCUT2D eigenvalue weighted by Crippen LogP contribution is 2.40. The monoisotopic (exact) mass is 460 g/mol. The van der Waals surface area contributed by atoms with E-state index in [4.69, 9.17) is 0 Å². The summed E-state index contributed by atoms with van der Waals surface area (Å²) in [6.07, 6.45) is 0. The highest BCUT2D eigenvalue weighted by atomic mass is 32.2. The molecule has 0 saturated carbocycles. The molecule has 0 aliphatic heterocycles. The van der Waals surface area contributed by atoms with Gasteiger partial charge in [-0.25, -0.2) is 16.8 Å². The lowest BCUT2D eigenvalue weighted by molar-refractivity contribution is 0.602. The summed E-state index contributed by atoms with van der Waals surface area (Å²) in [5.74, 6) is 0. The van der Waals surface area contributed by atoms with E-state index in [0.717, 1.165) is 0 Å². The summed E-state index contributed by atoms with van der Waals surface area (Å²) in [6, 6.07) is 32.5. The first-order valence-corrected chi connectivity index (χ1v) is 12.8. The van der Waals surface area contributed by atoms with Crippen LogP contribution in [0.3, 0.4) is 0 Å². The summed E-state index contributed by atoms with van der Waals surface area (Å²) in [5, 5.41) is 0. The first-order valence-electron chi connectivity index (χ1n) is 9.88. The van der Waals surface area contributed by atoms with Crippen LogP contribution in [0.25, 0.3) is 9.81 Å². The number of hydrogen-bond acceptors (Lipinski definition) is 4. The van der Waals surface area contributed by atoms with Crippen LogP contribution in [-0.4, -0.2) is 16.8 Å². The molecule has 0 saturated heterocycles. The highest BCUT2D eigenvalue weighted by molar-refractivity contribution is 8.06. The standard InChI is InChI=1S/C26H20O4S2/c27-31(28,23-17-9-3-10-18-23)25(21-13-5-1-6-14-21)26(22-15-7-2-8-16-22)32(29,30)24-19-11-4-12-20-24/h1-20H. The molecule has 0 atom stereocenters. The van der Waals surface area contributed by atoms with Gasteiger partial charge in [0.1, 0.15) is 0 Å². The molecule has 0 aliphatic carbocycles. The fourth-order valence-corrected chi connectivity index (χ4v) is 7.21. The molecule has 0 spiro atoms. The molecule has 6 heteroatoms. The smallest absolute Gasteiger partial charge is 0.208 e. The molecule has 4 nitrogen and oxygen atoms in total. The van der Waals surface area contributed by atoms with Crippen LogP contribution in [0, 0.1) is 0 Å². The fraction of sp³-hybridized carbons (Fsp3) is 0. The van der Waals surface area contributed by atoms with E-state index in [1.54, 1.807) is 97.1 Å². The third-order valence-corrected chi connectivity index (χ3v) is 8.79. The predicted octanol–water partition coefficient (Wildman–Crippen LogP) is 5.46. The van der Waals surface area contributed by atoms with Crippen molar-refractivity contribution in [3.63, 3.8) is 0 Å². The van der Waals surface area contributed by atoms with Crippen molar-refractivity contribution in [3.05, 3.63) is 132 Å². The Balaban J connectivity index is 2.18. The molecule has 4 aromatic carbocycles. The lowest BCUT2D eigenvalue weighted by atomic mass is 10.1. The predicted molar refractivity (Wildman–Crippen MR) is 127 cm³/mol. The van der Waals surface area contributed by atoms with Gasteiger partial charge in [-0.2, -0.15) is 0 Å². The minimum absolute atomic E-state index is 0.0237. The van der Waals surface area contributed by atoms with Gasteiger partial charge in [-0.05, 0) is 35.4 Å². The minimum Gasteiger partial charge on any atom is -0.218 e. The van der Waals surface area contributed by atoms with Crippen molar-refractivity contribution in [3.8, 4) is 0 Å². The topological polar surface area (TPSA) is 68.3 Å². The average molecular weight is 461 g/mol. The SMILES string of the molecule is O=S(=O)(C(=C(c1ccccc1)S(=O)(=O)c1ccccc1)c1ccccc1)c1ccccc1. The number of sulfone groups is 2. The molecule has 0 N–H and O–H groups in total. The molecule has 0 fully saturated rings. The van der Waals surface area contributed by atoms with E-state index in [0.29, 0.717) is 11.1 Å². The summed E-state index contributed by atoms with van der Waals surface area (Å²) < 4.78 is 55.6. The zero-order valence-electron chi connectivity index (χ0n) is 17.0. The Labute approximate surface area is 188 Å². The fourth-order valence-electron chi connectivity index (χ4n) is 3.43. The third kappa shape index (κ3) is 4.15. The molecule has 0 unspecified atom stereocenters. The normalized spacial score (nSPS) is 12.8. The molecule has 0 amide bonds. The molecule has 0 aliphatic rings. The Bertz CT molecular complexity index is 1330. The first-order chi connectivity index (χ1) is 15.4. The summed E-state index contributed by atoms with van der Waals surface area (Å²) in [5.41, 5.74) is 0.601. The van der Waals surface area contributed by atoms with E-state index in [2.05, 4.69) is 0 Å². The summed E-state index contributed by atoms with van der Waals surface area (Å²) >= 11 is 0. The maximum absolute atomic E-state index is 13.9. The molecular formula is C26H20O4S2. The van der Waals surface area contributed by atoms with Crippen molar-refractivity contribution in [2.75, 3.05) is 0 Å². The first kappa shape index (κ1) is 21.7. The number of benzene rings is 4. The van der Waals surface area contributed by atoms with Crippen LogP contribution in [0.4, 0.5) is 0 Å². The average Bonchev–Trinajstić information content (AvgIpc) is 2.84. The van der Waals surface area contributed by atoms with E-state index >= 15 is 0 Å². The Hall–Kier alpha value is -3.48. The van der Waals surface area contributed by atoms with Gasteiger partial charge in [0.05, 0.1) is 19.6 Å². The van der Waals surface area contributed by atoms with Crippen molar-refractivity contribution >= 4 is 29.5 Å². The second-order valence-corrected chi connectivity index (χ2v) is 10.8. The molecule has 32 heavy (non-hydrogen) atoms. The van der Waals surface area contributed by atoms with Gasteiger partial charge in [-0.3, -0.25) is 0 Å². The highest BCUT2D eigenvalue weighted by Gasteiger charge is 2.34. The molecule has 0 aromatic heterocycles. The maximum Gasteiger partial charge on any atom is 0.208 e. The quantitative estimate of drug-likeness (QED) is 0.358. The Kier molecular flexibility index (Phi) is 6.08. The molecule has 0 bridgehead atoms. The van der Waals surface area contributed by atoms with Crippen LogP contribution < -0.4 is 0 Å². The van der Waals surface area contributed by atoms with Gasteiger partial charge < -0.3 is 0 Å². The van der Waals surface area contributed by atoms with Crippen molar-refractivity contribution in [2.24, 2.45) is 0 Å². The molecule has 4 rings (SSSR count). The zero-order chi connectivity index (χ0) is 22.6. The molecule has 4 aromatic rings. The zero-order valence-corrected chi connectivity index (χ0v) is 18.6. The van der Waals surface area contributed by atoms with Gasteiger partial charge >= 0.3 is 0 Å². The third-order valence-electron chi connectivity index (χ3n) is 4.92. The van der Waals surface area contributed by atoms with Gasteiger partial charge in [0, 0.05) is 0 Å². The maximum atomic E-state index is 13.9. The molecule has 160 valence electrons.